The van der Waals surface area contributed by atoms with Gasteiger partial charge in [0.2, 0.25) is 0 Å². The number of allylic oxidation sites excluding steroid dienone is 1. The van der Waals surface area contributed by atoms with Gasteiger partial charge in [0, 0.05) is 25.2 Å². The molecule has 0 bridgehead atoms. The Morgan fingerprint density at radius 1 is 1.35 bits per heavy atom. The molecule has 1 aliphatic rings. The van der Waals surface area contributed by atoms with Crippen LogP contribution >= 0.6 is 11.6 Å². The average Bonchev–Trinajstić information content (AvgIpc) is 2.53. The SMILES string of the molecule is CN(N=C1CCCC(=O)C1=C(O)c1ccc(Cl)nc1)C(=O)OC(C)(C)C. The summed E-state index contributed by atoms with van der Waals surface area (Å²) in [5.74, 6) is -0.463. The second-order valence-electron chi connectivity index (χ2n) is 6.92. The fraction of sp³-hybridized carbons (Fsp3) is 0.444. The van der Waals surface area contributed by atoms with Gasteiger partial charge in [-0.2, -0.15) is 5.10 Å². The summed E-state index contributed by atoms with van der Waals surface area (Å²) in [6.45, 7) is 5.25. The van der Waals surface area contributed by atoms with Crippen LogP contribution in [0, 0.1) is 0 Å². The van der Waals surface area contributed by atoms with Crippen LogP contribution in [-0.4, -0.2) is 45.3 Å². The van der Waals surface area contributed by atoms with Crippen molar-refractivity contribution in [3.8, 4) is 0 Å². The molecule has 140 valence electrons. The zero-order valence-corrected chi connectivity index (χ0v) is 16.0. The third kappa shape index (κ3) is 5.05. The number of carbonyl (C=O) groups excluding carboxylic acids is 2. The Morgan fingerprint density at radius 2 is 2.04 bits per heavy atom. The van der Waals surface area contributed by atoms with Gasteiger partial charge in [-0.05, 0) is 45.7 Å². The largest absolute Gasteiger partial charge is 0.506 e. The summed E-state index contributed by atoms with van der Waals surface area (Å²) in [4.78, 5) is 28.4. The molecule has 1 aromatic rings. The summed E-state index contributed by atoms with van der Waals surface area (Å²) in [6, 6.07) is 3.08. The Kier molecular flexibility index (Phi) is 6.02. The third-order valence-corrected chi connectivity index (χ3v) is 3.77. The number of ketones is 1. The number of rotatable bonds is 2. The van der Waals surface area contributed by atoms with Crippen LogP contribution in [0.25, 0.3) is 5.76 Å². The number of pyridine rings is 1. The first-order valence-corrected chi connectivity index (χ1v) is 8.59. The third-order valence-electron chi connectivity index (χ3n) is 3.55. The van der Waals surface area contributed by atoms with E-state index in [-0.39, 0.29) is 22.3 Å². The molecule has 8 heteroatoms. The predicted molar refractivity (Wildman–Crippen MR) is 99.1 cm³/mol. The van der Waals surface area contributed by atoms with Crippen molar-refractivity contribution in [2.75, 3.05) is 7.05 Å². The fourth-order valence-corrected chi connectivity index (χ4v) is 2.52. The molecule has 0 spiro atoms. The summed E-state index contributed by atoms with van der Waals surface area (Å²) in [6.07, 6.45) is 2.08. The first-order valence-electron chi connectivity index (χ1n) is 8.21. The van der Waals surface area contributed by atoms with E-state index in [1.54, 1.807) is 26.8 Å². The Bertz CT molecular complexity index is 764. The molecule has 0 saturated heterocycles. The van der Waals surface area contributed by atoms with Crippen molar-refractivity contribution in [2.45, 2.75) is 45.6 Å². The summed E-state index contributed by atoms with van der Waals surface area (Å²) in [7, 11) is 1.44. The highest BCUT2D eigenvalue weighted by atomic mass is 35.5. The lowest BCUT2D eigenvalue weighted by Gasteiger charge is -2.24. The van der Waals surface area contributed by atoms with Crippen LogP contribution in [0.3, 0.4) is 0 Å². The van der Waals surface area contributed by atoms with Gasteiger partial charge in [-0.1, -0.05) is 11.6 Å². The van der Waals surface area contributed by atoms with E-state index in [1.165, 1.54) is 19.3 Å². The van der Waals surface area contributed by atoms with E-state index in [0.717, 1.165) is 5.01 Å². The smallest absolute Gasteiger partial charge is 0.430 e. The van der Waals surface area contributed by atoms with Crippen molar-refractivity contribution < 1.29 is 19.4 Å². The van der Waals surface area contributed by atoms with E-state index in [2.05, 4.69) is 10.1 Å². The van der Waals surface area contributed by atoms with Crippen LogP contribution in [-0.2, 0) is 9.53 Å². The average molecular weight is 380 g/mol. The molecular formula is C18H22ClN3O4. The summed E-state index contributed by atoms with van der Waals surface area (Å²) < 4.78 is 5.25. The lowest BCUT2D eigenvalue weighted by molar-refractivity contribution is -0.115. The monoisotopic (exact) mass is 379 g/mol. The minimum absolute atomic E-state index is 0.0933. The van der Waals surface area contributed by atoms with Gasteiger partial charge in [-0.3, -0.25) is 4.79 Å². The van der Waals surface area contributed by atoms with E-state index >= 15 is 0 Å². The number of aliphatic hydroxyl groups is 1. The number of ether oxygens (including phenoxy) is 1. The molecule has 0 atom stereocenters. The Hall–Kier alpha value is -2.41. The van der Waals surface area contributed by atoms with E-state index in [4.69, 9.17) is 16.3 Å². The van der Waals surface area contributed by atoms with Gasteiger partial charge in [-0.15, -0.1) is 0 Å². The van der Waals surface area contributed by atoms with Gasteiger partial charge in [0.1, 0.15) is 16.5 Å². The molecule has 7 nitrogen and oxygen atoms in total. The molecule has 1 saturated carbocycles. The highest BCUT2D eigenvalue weighted by Crippen LogP contribution is 2.26. The maximum absolute atomic E-state index is 12.4. The number of hydrazone groups is 1. The molecule has 0 aliphatic heterocycles. The molecule has 1 fully saturated rings. The molecule has 1 aliphatic carbocycles. The van der Waals surface area contributed by atoms with Gasteiger partial charge in [0.25, 0.3) is 0 Å². The van der Waals surface area contributed by atoms with Crippen molar-refractivity contribution in [3.05, 3.63) is 34.6 Å². The van der Waals surface area contributed by atoms with Crippen molar-refractivity contribution in [1.29, 1.82) is 0 Å². The number of aromatic nitrogens is 1. The quantitative estimate of drug-likeness (QED) is 0.363. The number of Topliss-reactive ketones (excluding diaryl/α,β-unsaturated/α-hetero) is 1. The highest BCUT2D eigenvalue weighted by molar-refractivity contribution is 6.29. The molecule has 1 heterocycles. The van der Waals surface area contributed by atoms with Gasteiger partial charge >= 0.3 is 6.09 Å². The first kappa shape index (κ1) is 19.9. The second kappa shape index (κ2) is 7.86. The van der Waals surface area contributed by atoms with Gasteiger partial charge in [0.05, 0.1) is 11.3 Å². The normalized spacial score (nSPS) is 18.7. The zero-order valence-electron chi connectivity index (χ0n) is 15.2. The predicted octanol–water partition coefficient (Wildman–Crippen LogP) is 3.98. The summed E-state index contributed by atoms with van der Waals surface area (Å²) >= 11 is 5.76. The number of amides is 1. The molecule has 0 aromatic carbocycles. The Balaban J connectivity index is 2.38. The maximum atomic E-state index is 12.4. The molecule has 0 unspecified atom stereocenters. The topological polar surface area (TPSA) is 92.1 Å². The number of nitrogens with zero attached hydrogens (tertiary/aromatic N) is 3. The van der Waals surface area contributed by atoms with E-state index in [1.807, 2.05) is 0 Å². The van der Waals surface area contributed by atoms with Crippen LogP contribution in [0.2, 0.25) is 5.15 Å². The first-order chi connectivity index (χ1) is 12.1. The Labute approximate surface area is 157 Å². The van der Waals surface area contributed by atoms with Crippen molar-refractivity contribution in [1.82, 2.24) is 9.99 Å². The number of hydrogen-bond acceptors (Lipinski definition) is 6. The van der Waals surface area contributed by atoms with Crippen molar-refractivity contribution in [3.63, 3.8) is 0 Å². The number of halogens is 1. The second-order valence-corrected chi connectivity index (χ2v) is 7.31. The van der Waals surface area contributed by atoms with Crippen LogP contribution in [0.15, 0.2) is 29.0 Å². The lowest BCUT2D eigenvalue weighted by atomic mass is 9.89. The molecule has 0 radical (unpaired) electrons. The summed E-state index contributed by atoms with van der Waals surface area (Å²) in [5, 5.41) is 16.1. The standard InChI is InChI=1S/C18H22ClN3O4/c1-18(2,3)26-17(25)22(4)21-12-6-5-7-13(23)15(12)16(24)11-8-9-14(19)20-10-11/h8-10,24H,5-7H2,1-4H3. The van der Waals surface area contributed by atoms with E-state index in [0.29, 0.717) is 30.5 Å². The highest BCUT2D eigenvalue weighted by Gasteiger charge is 2.28. The molecule has 2 rings (SSSR count). The van der Waals surface area contributed by atoms with Crippen molar-refractivity contribution in [2.24, 2.45) is 5.10 Å². The Morgan fingerprint density at radius 3 is 2.62 bits per heavy atom. The maximum Gasteiger partial charge on any atom is 0.430 e. The molecule has 1 N–H and O–H groups in total. The zero-order chi connectivity index (χ0) is 19.5. The van der Waals surface area contributed by atoms with Crippen LogP contribution in [0.4, 0.5) is 4.79 Å². The molecular weight excluding hydrogens is 358 g/mol. The lowest BCUT2D eigenvalue weighted by Crippen LogP contribution is -2.33. The van der Waals surface area contributed by atoms with Crippen LogP contribution in [0.1, 0.15) is 45.6 Å². The number of hydrogen-bond donors (Lipinski definition) is 1. The van der Waals surface area contributed by atoms with Crippen LogP contribution < -0.4 is 0 Å². The molecule has 26 heavy (non-hydrogen) atoms. The number of aliphatic hydroxyl groups excluding tert-OH is 1. The summed E-state index contributed by atoms with van der Waals surface area (Å²) in [5.41, 5.74) is 0.120. The fourth-order valence-electron chi connectivity index (χ4n) is 2.41. The van der Waals surface area contributed by atoms with Gasteiger partial charge < -0.3 is 9.84 Å². The molecule has 1 amide bonds. The van der Waals surface area contributed by atoms with Crippen molar-refractivity contribution >= 4 is 34.9 Å². The van der Waals surface area contributed by atoms with E-state index in [9.17, 15) is 14.7 Å². The minimum atomic E-state index is -0.663. The van der Waals surface area contributed by atoms with Gasteiger partial charge in [0.15, 0.2) is 5.78 Å². The minimum Gasteiger partial charge on any atom is -0.506 e. The van der Waals surface area contributed by atoms with Crippen LogP contribution in [0.5, 0.6) is 0 Å². The van der Waals surface area contributed by atoms with E-state index < -0.39 is 11.7 Å². The number of carbonyl (C=O) groups is 2. The van der Waals surface area contributed by atoms with Gasteiger partial charge in [-0.25, -0.2) is 14.8 Å². The molecule has 1 aromatic heterocycles.